The van der Waals surface area contributed by atoms with Crippen LogP contribution in [0.3, 0.4) is 0 Å². The molecular weight excluding hydrogens is 308 g/mol. The third-order valence-corrected chi connectivity index (χ3v) is 4.48. The van der Waals surface area contributed by atoms with Crippen molar-refractivity contribution in [1.29, 1.82) is 0 Å². The van der Waals surface area contributed by atoms with Gasteiger partial charge in [0, 0.05) is 18.0 Å². The highest BCUT2D eigenvalue weighted by molar-refractivity contribution is 8.00. The van der Waals surface area contributed by atoms with Crippen LogP contribution in [-0.4, -0.2) is 20.9 Å². The van der Waals surface area contributed by atoms with Gasteiger partial charge < -0.3 is 5.32 Å². The zero-order valence-electron chi connectivity index (χ0n) is 12.8. The second-order valence-corrected chi connectivity index (χ2v) is 6.38. The fraction of sp³-hybridized carbons (Fsp3) is 0.333. The zero-order valence-corrected chi connectivity index (χ0v) is 13.6. The highest BCUT2D eigenvalue weighted by atomic mass is 32.2. The minimum absolute atomic E-state index is 0.240. The number of anilines is 1. The molecule has 1 unspecified atom stereocenters. The van der Waals surface area contributed by atoms with Crippen LogP contribution in [0.5, 0.6) is 0 Å². The molecule has 1 amide bonds. The third kappa shape index (κ3) is 3.47. The SMILES string of the molecule is Cc1nn(C)c(C)c1NC(=O)C(C)Sc1ccc(F)cc1F. The summed E-state index contributed by atoms with van der Waals surface area (Å²) in [6.45, 7) is 5.33. The van der Waals surface area contributed by atoms with Crippen LogP contribution in [0.4, 0.5) is 14.5 Å². The number of carbonyl (C=O) groups excluding carboxylic acids is 1. The number of rotatable bonds is 4. The number of nitrogens with zero attached hydrogens (tertiary/aromatic N) is 2. The van der Waals surface area contributed by atoms with Gasteiger partial charge in [-0.1, -0.05) is 0 Å². The predicted molar refractivity (Wildman–Crippen MR) is 83.0 cm³/mol. The molecule has 1 atom stereocenters. The van der Waals surface area contributed by atoms with Crippen LogP contribution in [0.2, 0.25) is 0 Å². The maximum Gasteiger partial charge on any atom is 0.237 e. The Bertz CT molecular complexity index is 715. The van der Waals surface area contributed by atoms with E-state index in [1.165, 1.54) is 12.1 Å². The van der Waals surface area contributed by atoms with Crippen molar-refractivity contribution in [2.75, 3.05) is 5.32 Å². The maximum atomic E-state index is 13.6. The van der Waals surface area contributed by atoms with Gasteiger partial charge in [0.15, 0.2) is 0 Å². The Labute approximate surface area is 131 Å². The van der Waals surface area contributed by atoms with Crippen LogP contribution in [0.1, 0.15) is 18.3 Å². The van der Waals surface area contributed by atoms with Gasteiger partial charge in [-0.15, -0.1) is 11.8 Å². The molecule has 118 valence electrons. The van der Waals surface area contributed by atoms with Crippen molar-refractivity contribution in [3.05, 3.63) is 41.2 Å². The molecule has 0 saturated heterocycles. The molecule has 1 heterocycles. The summed E-state index contributed by atoms with van der Waals surface area (Å²) in [4.78, 5) is 12.5. The van der Waals surface area contributed by atoms with Crippen molar-refractivity contribution in [3.63, 3.8) is 0 Å². The first-order valence-corrected chi connectivity index (χ1v) is 7.60. The molecule has 0 radical (unpaired) electrons. The van der Waals surface area contributed by atoms with Crippen molar-refractivity contribution in [1.82, 2.24) is 9.78 Å². The monoisotopic (exact) mass is 325 g/mol. The first kappa shape index (κ1) is 16.5. The Balaban J connectivity index is 2.09. The molecule has 4 nitrogen and oxygen atoms in total. The molecule has 1 N–H and O–H groups in total. The van der Waals surface area contributed by atoms with Crippen molar-refractivity contribution >= 4 is 23.4 Å². The van der Waals surface area contributed by atoms with E-state index in [9.17, 15) is 13.6 Å². The Hall–Kier alpha value is -1.89. The van der Waals surface area contributed by atoms with Crippen LogP contribution >= 0.6 is 11.8 Å². The van der Waals surface area contributed by atoms with Crippen LogP contribution in [0.15, 0.2) is 23.1 Å². The lowest BCUT2D eigenvalue weighted by molar-refractivity contribution is -0.115. The number of hydrogen-bond donors (Lipinski definition) is 1. The van der Waals surface area contributed by atoms with Crippen LogP contribution in [0.25, 0.3) is 0 Å². The largest absolute Gasteiger partial charge is 0.322 e. The van der Waals surface area contributed by atoms with Gasteiger partial charge in [0.2, 0.25) is 5.91 Å². The van der Waals surface area contributed by atoms with E-state index in [0.717, 1.165) is 29.2 Å². The predicted octanol–water partition coefficient (Wildman–Crippen LogP) is 3.43. The molecule has 0 bridgehead atoms. The fourth-order valence-corrected chi connectivity index (χ4v) is 2.86. The number of aryl methyl sites for hydroxylation is 2. The van der Waals surface area contributed by atoms with Crippen molar-refractivity contribution in [3.8, 4) is 0 Å². The third-order valence-electron chi connectivity index (χ3n) is 3.32. The quantitative estimate of drug-likeness (QED) is 0.876. The average Bonchev–Trinajstić information content (AvgIpc) is 2.68. The average molecular weight is 325 g/mol. The van der Waals surface area contributed by atoms with Crippen molar-refractivity contribution in [2.24, 2.45) is 7.05 Å². The maximum absolute atomic E-state index is 13.6. The lowest BCUT2D eigenvalue weighted by Crippen LogP contribution is -2.23. The van der Waals surface area contributed by atoms with E-state index in [1.807, 2.05) is 6.92 Å². The van der Waals surface area contributed by atoms with Gasteiger partial charge >= 0.3 is 0 Å². The molecule has 0 aliphatic carbocycles. The number of benzene rings is 1. The van der Waals surface area contributed by atoms with E-state index < -0.39 is 16.9 Å². The van der Waals surface area contributed by atoms with Gasteiger partial charge in [0.05, 0.1) is 22.3 Å². The molecule has 2 rings (SSSR count). The van der Waals surface area contributed by atoms with Crippen molar-refractivity contribution in [2.45, 2.75) is 30.9 Å². The molecule has 2 aromatic rings. The second-order valence-electron chi connectivity index (χ2n) is 4.99. The van der Waals surface area contributed by atoms with E-state index in [1.54, 1.807) is 25.6 Å². The number of thioether (sulfide) groups is 1. The first-order valence-electron chi connectivity index (χ1n) is 6.72. The van der Waals surface area contributed by atoms with E-state index in [-0.39, 0.29) is 10.8 Å². The summed E-state index contributed by atoms with van der Waals surface area (Å²) in [7, 11) is 1.80. The van der Waals surface area contributed by atoms with Crippen LogP contribution < -0.4 is 5.32 Å². The molecule has 0 aliphatic rings. The number of nitrogens with one attached hydrogen (secondary N) is 1. The number of amides is 1. The summed E-state index contributed by atoms with van der Waals surface area (Å²) in [6.07, 6.45) is 0. The van der Waals surface area contributed by atoms with Gasteiger partial charge in [-0.05, 0) is 32.9 Å². The molecule has 0 spiro atoms. The fourth-order valence-electron chi connectivity index (χ4n) is 1.99. The summed E-state index contributed by atoms with van der Waals surface area (Å²) < 4.78 is 28.2. The summed E-state index contributed by atoms with van der Waals surface area (Å²) in [5.41, 5.74) is 2.23. The van der Waals surface area contributed by atoms with Gasteiger partial charge in [0.1, 0.15) is 11.6 Å². The first-order chi connectivity index (χ1) is 10.3. The molecule has 0 aliphatic heterocycles. The Kier molecular flexibility index (Phi) is 4.85. The molecule has 0 fully saturated rings. The number of aromatic nitrogens is 2. The highest BCUT2D eigenvalue weighted by Crippen LogP contribution is 2.28. The standard InChI is InChI=1S/C15H17F2N3OS/c1-8-14(9(2)20(4)19-8)18-15(21)10(3)22-13-6-5-11(16)7-12(13)17/h5-7,10H,1-4H3,(H,18,21). The minimum Gasteiger partial charge on any atom is -0.322 e. The Morgan fingerprint density at radius 2 is 2.05 bits per heavy atom. The minimum atomic E-state index is -0.668. The van der Waals surface area contributed by atoms with E-state index in [4.69, 9.17) is 0 Å². The second kappa shape index (κ2) is 6.48. The Morgan fingerprint density at radius 3 is 2.59 bits per heavy atom. The lowest BCUT2D eigenvalue weighted by Gasteiger charge is -2.12. The number of hydrogen-bond acceptors (Lipinski definition) is 3. The number of carbonyl (C=O) groups is 1. The summed E-state index contributed by atoms with van der Waals surface area (Å²) in [5, 5.41) is 6.51. The van der Waals surface area contributed by atoms with E-state index in [2.05, 4.69) is 10.4 Å². The molecule has 1 aromatic heterocycles. The highest BCUT2D eigenvalue weighted by Gasteiger charge is 2.19. The molecular formula is C15H17F2N3OS. The topological polar surface area (TPSA) is 46.9 Å². The van der Waals surface area contributed by atoms with E-state index >= 15 is 0 Å². The summed E-state index contributed by atoms with van der Waals surface area (Å²) in [6, 6.07) is 3.31. The lowest BCUT2D eigenvalue weighted by atomic mass is 10.3. The van der Waals surface area contributed by atoms with E-state index in [0.29, 0.717) is 5.69 Å². The smallest absolute Gasteiger partial charge is 0.237 e. The Morgan fingerprint density at radius 1 is 1.36 bits per heavy atom. The van der Waals surface area contributed by atoms with Gasteiger partial charge in [0.25, 0.3) is 0 Å². The normalized spacial score (nSPS) is 12.3. The molecule has 22 heavy (non-hydrogen) atoms. The van der Waals surface area contributed by atoms with Gasteiger partial charge in [-0.25, -0.2) is 8.78 Å². The summed E-state index contributed by atoms with van der Waals surface area (Å²) >= 11 is 1.04. The zero-order chi connectivity index (χ0) is 16.4. The summed E-state index contributed by atoms with van der Waals surface area (Å²) in [5.74, 6) is -1.56. The van der Waals surface area contributed by atoms with Gasteiger partial charge in [-0.2, -0.15) is 5.10 Å². The van der Waals surface area contributed by atoms with Crippen LogP contribution in [0, 0.1) is 25.5 Å². The molecule has 7 heteroatoms. The van der Waals surface area contributed by atoms with Crippen LogP contribution in [-0.2, 0) is 11.8 Å². The van der Waals surface area contributed by atoms with Gasteiger partial charge in [-0.3, -0.25) is 9.48 Å². The number of halogens is 2. The molecule has 1 aromatic carbocycles. The molecule has 0 saturated carbocycles. The van der Waals surface area contributed by atoms with Crippen molar-refractivity contribution < 1.29 is 13.6 Å².